The Morgan fingerprint density at radius 1 is 1.32 bits per heavy atom. The number of nitrogens with zero attached hydrogens (tertiary/aromatic N) is 1. The maximum absolute atomic E-state index is 13.0. The normalized spacial score (nSPS) is 24.4. The van der Waals surface area contributed by atoms with Crippen LogP contribution in [0.4, 0.5) is 18.9 Å². The van der Waals surface area contributed by atoms with E-state index in [9.17, 15) is 13.2 Å². The first-order valence-electron chi connectivity index (χ1n) is 8.16. The number of hydrogen-bond acceptors (Lipinski definition) is 2. The van der Waals surface area contributed by atoms with Crippen molar-refractivity contribution in [1.29, 1.82) is 0 Å². The van der Waals surface area contributed by atoms with Gasteiger partial charge >= 0.3 is 6.18 Å². The number of hydrogen-bond donors (Lipinski definition) is 2. The molecule has 4 rings (SSSR count). The molecule has 1 aromatic carbocycles. The first kappa shape index (κ1) is 17.9. The lowest BCUT2D eigenvalue weighted by Crippen LogP contribution is -2.48. The summed E-state index contributed by atoms with van der Waals surface area (Å²) in [6.45, 7) is 4.53. The summed E-state index contributed by atoms with van der Waals surface area (Å²) in [5, 5.41) is 6.68. The number of para-hydroxylation sites is 1. The van der Waals surface area contributed by atoms with E-state index >= 15 is 0 Å². The molecule has 2 atom stereocenters. The molecule has 134 valence electrons. The summed E-state index contributed by atoms with van der Waals surface area (Å²) in [7, 11) is 0. The van der Waals surface area contributed by atoms with Gasteiger partial charge in [-0.15, -0.1) is 0 Å². The van der Waals surface area contributed by atoms with E-state index in [0.29, 0.717) is 11.3 Å². The van der Waals surface area contributed by atoms with Crippen LogP contribution in [0.3, 0.4) is 0 Å². The fourth-order valence-electron chi connectivity index (χ4n) is 3.70. The van der Waals surface area contributed by atoms with Crippen LogP contribution in [0.2, 0.25) is 0 Å². The number of anilines is 1. The Balaban J connectivity index is 1.60. The Labute approximate surface area is 150 Å². The third-order valence-corrected chi connectivity index (χ3v) is 5.56. The van der Waals surface area contributed by atoms with Crippen molar-refractivity contribution in [2.24, 2.45) is 22.4 Å². The number of halogens is 3. The molecule has 2 bridgehead atoms. The van der Waals surface area contributed by atoms with Crippen molar-refractivity contribution in [1.82, 2.24) is 5.43 Å². The molecule has 0 amide bonds. The number of fused-ring (bicyclic) bond motifs is 1. The van der Waals surface area contributed by atoms with Crippen LogP contribution < -0.4 is 10.7 Å². The van der Waals surface area contributed by atoms with Crippen molar-refractivity contribution in [3.05, 3.63) is 41.5 Å². The molecule has 3 aliphatic rings. The Kier molecular flexibility index (Phi) is 4.62. The molecular formula is C18H20F3N3S. The van der Waals surface area contributed by atoms with Crippen molar-refractivity contribution in [2.75, 3.05) is 5.32 Å². The summed E-state index contributed by atoms with van der Waals surface area (Å²) in [4.78, 5) is 0. The highest BCUT2D eigenvalue weighted by Gasteiger charge is 2.50. The molecule has 0 spiro atoms. The van der Waals surface area contributed by atoms with Gasteiger partial charge in [-0.25, -0.2) is 0 Å². The van der Waals surface area contributed by atoms with Crippen LogP contribution in [0.1, 0.15) is 32.3 Å². The molecule has 3 aliphatic carbocycles. The number of nitrogens with one attached hydrogen (secondary N) is 2. The van der Waals surface area contributed by atoms with E-state index in [-0.39, 0.29) is 10.8 Å². The quantitative estimate of drug-likeness (QED) is 0.450. The van der Waals surface area contributed by atoms with Gasteiger partial charge in [-0.2, -0.15) is 18.3 Å². The van der Waals surface area contributed by atoms with Crippen molar-refractivity contribution in [3.63, 3.8) is 0 Å². The van der Waals surface area contributed by atoms with E-state index in [2.05, 4.69) is 35.8 Å². The number of thiocarbonyl (C=S) groups is 1. The van der Waals surface area contributed by atoms with E-state index in [1.807, 2.05) is 0 Å². The van der Waals surface area contributed by atoms with E-state index in [0.717, 1.165) is 18.4 Å². The van der Waals surface area contributed by atoms with Gasteiger partial charge in [-0.05, 0) is 60.0 Å². The third-order valence-electron chi connectivity index (χ3n) is 5.37. The van der Waals surface area contributed by atoms with Crippen molar-refractivity contribution < 1.29 is 13.2 Å². The lowest BCUT2D eigenvalue weighted by molar-refractivity contribution is -0.136. The van der Waals surface area contributed by atoms with Gasteiger partial charge in [0.15, 0.2) is 5.11 Å². The standard InChI is InChI=1S/C18H20F3N3S/c1-17(2)12-8-7-11(14(17)9-12)10-22-24-16(25)23-15-6-4-3-5-13(15)18(19,20)21/h3-7,10,12,14H,8-9H2,1-2H3,(H2,23,24,25)/t12-,14+/m0/s1. The van der Waals surface area contributed by atoms with Crippen molar-refractivity contribution >= 4 is 29.2 Å². The van der Waals surface area contributed by atoms with Gasteiger partial charge in [-0.3, -0.25) is 5.43 Å². The van der Waals surface area contributed by atoms with Gasteiger partial charge in [-0.1, -0.05) is 32.1 Å². The summed E-state index contributed by atoms with van der Waals surface area (Å²) in [5.41, 5.74) is 3.20. The Bertz CT molecular complexity index is 737. The zero-order chi connectivity index (χ0) is 18.2. The maximum atomic E-state index is 13.0. The molecule has 0 unspecified atom stereocenters. The summed E-state index contributed by atoms with van der Waals surface area (Å²) in [6.07, 6.45) is 1.69. The molecule has 1 fully saturated rings. The minimum Gasteiger partial charge on any atom is -0.331 e. The minimum absolute atomic E-state index is 0.0232. The summed E-state index contributed by atoms with van der Waals surface area (Å²) < 4.78 is 38.9. The highest BCUT2D eigenvalue weighted by atomic mass is 32.1. The van der Waals surface area contributed by atoms with Gasteiger partial charge in [0.25, 0.3) is 0 Å². The van der Waals surface area contributed by atoms with Crippen LogP contribution in [-0.4, -0.2) is 11.3 Å². The zero-order valence-corrected chi connectivity index (χ0v) is 14.8. The molecule has 3 nitrogen and oxygen atoms in total. The third kappa shape index (κ3) is 3.56. The number of alkyl halides is 3. The van der Waals surface area contributed by atoms with Gasteiger partial charge in [0.2, 0.25) is 0 Å². The highest BCUT2D eigenvalue weighted by Crippen LogP contribution is 2.58. The van der Waals surface area contributed by atoms with E-state index in [1.54, 1.807) is 6.21 Å². The second-order valence-electron chi connectivity index (χ2n) is 7.11. The topological polar surface area (TPSA) is 36.4 Å². The molecular weight excluding hydrogens is 347 g/mol. The van der Waals surface area contributed by atoms with Gasteiger partial charge in [0.1, 0.15) is 0 Å². The number of allylic oxidation sites excluding steroid dienone is 2. The van der Waals surface area contributed by atoms with Crippen molar-refractivity contribution in [2.45, 2.75) is 32.9 Å². The molecule has 2 N–H and O–H groups in total. The van der Waals surface area contributed by atoms with Crippen LogP contribution >= 0.6 is 12.2 Å². The number of rotatable bonds is 3. The average molecular weight is 367 g/mol. The van der Waals surface area contributed by atoms with Gasteiger partial charge in [0, 0.05) is 0 Å². The number of benzene rings is 1. The highest BCUT2D eigenvalue weighted by molar-refractivity contribution is 7.80. The maximum Gasteiger partial charge on any atom is 0.418 e. The molecule has 0 radical (unpaired) electrons. The number of hydrazone groups is 1. The Morgan fingerprint density at radius 2 is 2.04 bits per heavy atom. The molecule has 0 aliphatic heterocycles. The average Bonchev–Trinajstić information content (AvgIpc) is 2.54. The van der Waals surface area contributed by atoms with E-state index in [4.69, 9.17) is 12.2 Å². The van der Waals surface area contributed by atoms with Gasteiger partial charge in [0.05, 0.1) is 17.5 Å². The fourth-order valence-corrected chi connectivity index (χ4v) is 3.86. The predicted molar refractivity (Wildman–Crippen MR) is 97.4 cm³/mol. The fraction of sp³-hybridized carbons (Fsp3) is 0.444. The molecule has 0 saturated heterocycles. The summed E-state index contributed by atoms with van der Waals surface area (Å²) in [6, 6.07) is 5.20. The smallest absolute Gasteiger partial charge is 0.331 e. The lowest BCUT2D eigenvalue weighted by atomic mass is 9.49. The molecule has 1 saturated carbocycles. The predicted octanol–water partition coefficient (Wildman–Crippen LogP) is 4.97. The first-order valence-corrected chi connectivity index (χ1v) is 8.56. The Morgan fingerprint density at radius 3 is 2.68 bits per heavy atom. The second-order valence-corrected chi connectivity index (χ2v) is 7.52. The molecule has 0 aromatic heterocycles. The summed E-state index contributed by atoms with van der Waals surface area (Å²) >= 11 is 5.05. The molecule has 25 heavy (non-hydrogen) atoms. The molecule has 1 aromatic rings. The van der Waals surface area contributed by atoms with Crippen LogP contribution in [0, 0.1) is 17.3 Å². The first-order chi connectivity index (χ1) is 11.7. The Hall–Kier alpha value is -1.89. The molecule has 7 heteroatoms. The van der Waals surface area contributed by atoms with Crippen LogP contribution in [0.5, 0.6) is 0 Å². The lowest BCUT2D eigenvalue weighted by Gasteiger charge is -2.55. The van der Waals surface area contributed by atoms with Crippen LogP contribution in [-0.2, 0) is 6.18 Å². The van der Waals surface area contributed by atoms with Gasteiger partial charge < -0.3 is 5.32 Å². The molecule has 0 heterocycles. The van der Waals surface area contributed by atoms with E-state index in [1.165, 1.54) is 30.2 Å². The SMILES string of the molecule is CC1(C)[C@H]2CC=C(C=NNC(=S)Nc3ccccc3C(F)(F)F)[C@H]1C2. The largest absolute Gasteiger partial charge is 0.418 e. The van der Waals surface area contributed by atoms with Crippen molar-refractivity contribution in [3.8, 4) is 0 Å². The second kappa shape index (κ2) is 6.44. The van der Waals surface area contributed by atoms with Crippen LogP contribution in [0.15, 0.2) is 41.0 Å². The zero-order valence-electron chi connectivity index (χ0n) is 14.0. The van der Waals surface area contributed by atoms with E-state index < -0.39 is 11.7 Å². The minimum atomic E-state index is -4.44. The monoisotopic (exact) mass is 367 g/mol. The summed E-state index contributed by atoms with van der Waals surface area (Å²) in [5.74, 6) is 1.23. The van der Waals surface area contributed by atoms with Crippen LogP contribution in [0.25, 0.3) is 0 Å².